The zero-order chi connectivity index (χ0) is 43.4. The Bertz CT molecular complexity index is 2030. The summed E-state index contributed by atoms with van der Waals surface area (Å²) in [5.41, 5.74) is 4.43. The number of carbonyl (C=O) groups excluding carboxylic acids is 4. The Morgan fingerprint density at radius 1 is 0.900 bits per heavy atom. The highest BCUT2D eigenvalue weighted by molar-refractivity contribution is 5.87. The summed E-state index contributed by atoms with van der Waals surface area (Å²) in [6, 6.07) is 25.9. The van der Waals surface area contributed by atoms with Crippen LogP contribution >= 0.6 is 0 Å². The Morgan fingerprint density at radius 2 is 1.60 bits per heavy atom. The lowest BCUT2D eigenvalue weighted by atomic mass is 9.83. The fourth-order valence-electron chi connectivity index (χ4n) is 7.84. The van der Waals surface area contributed by atoms with Gasteiger partial charge in [0.2, 0.25) is 11.8 Å². The van der Waals surface area contributed by atoms with Gasteiger partial charge in [0, 0.05) is 30.0 Å². The molecule has 13 nitrogen and oxygen atoms in total. The maximum absolute atomic E-state index is 14.7. The van der Waals surface area contributed by atoms with Crippen LogP contribution in [-0.4, -0.2) is 87.8 Å². The Labute approximate surface area is 354 Å². The first-order valence-corrected chi connectivity index (χ1v) is 20.8. The molecule has 1 fully saturated rings. The number of aliphatic hydroxyl groups excluding tert-OH is 1. The minimum absolute atomic E-state index is 0.0873. The molecular formula is C47H61N7O6. The lowest BCUT2D eigenvalue weighted by molar-refractivity contribution is -0.130. The van der Waals surface area contributed by atoms with Crippen molar-refractivity contribution in [2.45, 2.75) is 104 Å². The number of nitrogens with one attached hydrogen (secondary N) is 4. The van der Waals surface area contributed by atoms with E-state index in [-0.39, 0.29) is 37.2 Å². The van der Waals surface area contributed by atoms with E-state index in [0.29, 0.717) is 19.4 Å². The number of urea groups is 1. The van der Waals surface area contributed by atoms with Gasteiger partial charge in [-0.1, -0.05) is 108 Å². The van der Waals surface area contributed by atoms with E-state index in [4.69, 9.17) is 4.74 Å². The molecule has 2 unspecified atom stereocenters. The first kappa shape index (κ1) is 45.3. The third-order valence-electron chi connectivity index (χ3n) is 11.3. The monoisotopic (exact) mass is 819 g/mol. The number of hydrogen-bond donors (Lipinski definition) is 5. The fourth-order valence-corrected chi connectivity index (χ4v) is 7.84. The molecule has 5 N–H and O–H groups in total. The molecule has 3 heterocycles. The number of benzene rings is 2. The number of aromatic nitrogens is 2. The number of pyridine rings is 2. The van der Waals surface area contributed by atoms with Crippen LogP contribution in [0.1, 0.15) is 70.0 Å². The van der Waals surface area contributed by atoms with Gasteiger partial charge in [-0.15, -0.1) is 0 Å². The third kappa shape index (κ3) is 12.4. The molecule has 0 aliphatic carbocycles. The average molecular weight is 820 g/mol. The summed E-state index contributed by atoms with van der Waals surface area (Å²) in [6.45, 7) is 12.0. The summed E-state index contributed by atoms with van der Waals surface area (Å²) >= 11 is 0. The minimum atomic E-state index is -1.14. The van der Waals surface area contributed by atoms with Crippen molar-refractivity contribution in [1.29, 1.82) is 0 Å². The fraction of sp³-hybridized carbons (Fsp3) is 0.447. The van der Waals surface area contributed by atoms with Crippen molar-refractivity contribution >= 4 is 23.9 Å². The molecule has 1 saturated heterocycles. The number of nitrogens with zero attached hydrogens (tertiary/aromatic N) is 3. The van der Waals surface area contributed by atoms with Crippen molar-refractivity contribution in [1.82, 2.24) is 36.1 Å². The number of rotatable bonds is 18. The Hall–Kier alpha value is -5.82. The number of carbonyl (C=O) groups is 4. The average Bonchev–Trinajstić information content (AvgIpc) is 3.57. The molecule has 320 valence electrons. The number of alkyl carbamates (subject to hydrolysis) is 1. The number of amides is 5. The van der Waals surface area contributed by atoms with Crippen molar-refractivity contribution in [3.8, 4) is 11.3 Å². The van der Waals surface area contributed by atoms with Crippen LogP contribution in [0, 0.1) is 24.2 Å². The van der Waals surface area contributed by atoms with Gasteiger partial charge in [0.15, 0.2) is 0 Å². The van der Waals surface area contributed by atoms with Crippen molar-refractivity contribution in [3.63, 3.8) is 0 Å². The van der Waals surface area contributed by atoms with E-state index < -0.39 is 53.6 Å². The van der Waals surface area contributed by atoms with E-state index in [1.807, 2.05) is 133 Å². The summed E-state index contributed by atoms with van der Waals surface area (Å²) < 4.78 is 4.84. The highest BCUT2D eigenvalue weighted by Gasteiger charge is 2.43. The van der Waals surface area contributed by atoms with Gasteiger partial charge in [-0.2, -0.15) is 0 Å². The van der Waals surface area contributed by atoms with E-state index in [1.165, 1.54) is 7.11 Å². The van der Waals surface area contributed by atoms with Crippen LogP contribution < -0.4 is 21.3 Å². The number of aryl methyl sites for hydroxylation is 1. The van der Waals surface area contributed by atoms with Crippen LogP contribution in [-0.2, 0) is 33.7 Å². The molecule has 2 aromatic carbocycles. The highest BCUT2D eigenvalue weighted by atomic mass is 16.5. The molecule has 0 spiro atoms. The van der Waals surface area contributed by atoms with Crippen molar-refractivity contribution < 1.29 is 29.0 Å². The van der Waals surface area contributed by atoms with Crippen molar-refractivity contribution in [2.75, 3.05) is 13.7 Å². The van der Waals surface area contributed by atoms with Crippen LogP contribution in [0.4, 0.5) is 9.59 Å². The molecule has 13 heteroatoms. The van der Waals surface area contributed by atoms with Crippen molar-refractivity contribution in [2.24, 2.45) is 17.3 Å². The van der Waals surface area contributed by atoms with Crippen LogP contribution in [0.5, 0.6) is 0 Å². The van der Waals surface area contributed by atoms with E-state index in [2.05, 4.69) is 31.2 Å². The molecule has 5 rings (SSSR count). The standard InChI is InChI=1S/C47H61N7O6/c1-8-30(2)41(39-28-49-45(58)54(39)29-35-18-14-15-31(3)50-35)43(56)51-36(25-32-16-10-9-11-17-32)27-40(55)38(52-44(57)42(47(4,5)6)53-46(59)60-7)26-33-20-22-34(23-21-33)37-19-12-13-24-48-37/h9-24,30,36,38-42,55H,8,25-29H2,1-7H3,(H,49,58)(H,51,56)(H,52,57)(H,53,59)/t30?,36-,38-,39?,40-,41-,42+/m0/s1. The molecule has 5 amide bonds. The second kappa shape index (κ2) is 20.9. The second-order valence-corrected chi connectivity index (χ2v) is 16.9. The molecule has 1 aliphatic rings. The van der Waals surface area contributed by atoms with E-state index in [9.17, 15) is 24.3 Å². The third-order valence-corrected chi connectivity index (χ3v) is 11.3. The molecule has 1 aliphatic heterocycles. The smallest absolute Gasteiger partial charge is 0.407 e. The predicted molar refractivity (Wildman–Crippen MR) is 231 cm³/mol. The van der Waals surface area contributed by atoms with Crippen LogP contribution in [0.2, 0.25) is 0 Å². The van der Waals surface area contributed by atoms with Gasteiger partial charge in [0.05, 0.1) is 49.1 Å². The number of methoxy groups -OCH3 is 1. The minimum Gasteiger partial charge on any atom is -0.453 e. The Balaban J connectivity index is 1.44. The summed E-state index contributed by atoms with van der Waals surface area (Å²) in [5.74, 6) is -1.36. The van der Waals surface area contributed by atoms with E-state index >= 15 is 0 Å². The molecule has 0 bridgehead atoms. The van der Waals surface area contributed by atoms with Crippen molar-refractivity contribution in [3.05, 3.63) is 120 Å². The molecule has 2 aromatic heterocycles. The van der Waals surface area contributed by atoms with Gasteiger partial charge in [0.1, 0.15) is 6.04 Å². The van der Waals surface area contributed by atoms with Gasteiger partial charge >= 0.3 is 12.1 Å². The van der Waals surface area contributed by atoms with Gasteiger partial charge in [-0.3, -0.25) is 19.6 Å². The lowest BCUT2D eigenvalue weighted by Crippen LogP contribution is -2.58. The van der Waals surface area contributed by atoms with Gasteiger partial charge in [-0.05, 0) is 72.9 Å². The predicted octanol–water partition coefficient (Wildman–Crippen LogP) is 5.98. The quantitative estimate of drug-likeness (QED) is 0.0815. The van der Waals surface area contributed by atoms with Gasteiger partial charge in [-0.25, -0.2) is 9.59 Å². The van der Waals surface area contributed by atoms with Crippen LogP contribution in [0.25, 0.3) is 11.3 Å². The second-order valence-electron chi connectivity index (χ2n) is 16.9. The summed E-state index contributed by atoms with van der Waals surface area (Å²) in [4.78, 5) is 65.2. The van der Waals surface area contributed by atoms with E-state index in [0.717, 1.165) is 33.8 Å². The molecule has 0 saturated carbocycles. The summed E-state index contributed by atoms with van der Waals surface area (Å²) in [7, 11) is 1.24. The molecule has 60 heavy (non-hydrogen) atoms. The number of aliphatic hydroxyl groups is 1. The zero-order valence-electron chi connectivity index (χ0n) is 35.9. The lowest BCUT2D eigenvalue weighted by Gasteiger charge is -2.35. The molecular weight excluding hydrogens is 759 g/mol. The maximum atomic E-state index is 14.7. The van der Waals surface area contributed by atoms with Crippen LogP contribution in [0.3, 0.4) is 0 Å². The molecule has 7 atom stereocenters. The Kier molecular flexibility index (Phi) is 15.8. The van der Waals surface area contributed by atoms with E-state index in [1.54, 1.807) is 11.1 Å². The number of ether oxygens (including phenoxy) is 1. The normalized spacial score (nSPS) is 17.0. The topological polar surface area (TPSA) is 175 Å². The largest absolute Gasteiger partial charge is 0.453 e. The SMILES string of the molecule is CCC(C)[C@H](C(=O)N[C@@H](Cc1ccccc1)C[C@H](O)[C@H](Cc1ccc(-c2ccccn2)cc1)NC(=O)[C@@H](NC(=O)OC)C(C)(C)C)C1CNC(=O)N1Cc1cccc(C)n1. The zero-order valence-corrected chi connectivity index (χ0v) is 35.9. The Morgan fingerprint density at radius 3 is 2.23 bits per heavy atom. The van der Waals surface area contributed by atoms with Crippen LogP contribution in [0.15, 0.2) is 97.2 Å². The van der Waals surface area contributed by atoms with Gasteiger partial charge < -0.3 is 36.0 Å². The summed E-state index contributed by atoms with van der Waals surface area (Å²) in [6.07, 6.45) is 1.30. The highest BCUT2D eigenvalue weighted by Crippen LogP contribution is 2.29. The van der Waals surface area contributed by atoms with Gasteiger partial charge in [0.25, 0.3) is 0 Å². The molecule has 0 radical (unpaired) electrons. The maximum Gasteiger partial charge on any atom is 0.407 e. The first-order valence-electron chi connectivity index (χ1n) is 20.8. The summed E-state index contributed by atoms with van der Waals surface area (Å²) in [5, 5.41) is 24.2. The number of hydrogen-bond acceptors (Lipinski definition) is 8. The molecule has 4 aromatic rings. The first-order chi connectivity index (χ1) is 28.7.